The fourth-order valence-corrected chi connectivity index (χ4v) is 3.56. The number of carbonyl (C=O) groups excluding carboxylic acids is 1. The molecule has 2 aromatic rings. The van der Waals surface area contributed by atoms with Gasteiger partial charge in [-0.2, -0.15) is 0 Å². The van der Waals surface area contributed by atoms with Crippen LogP contribution in [0.25, 0.3) is 0 Å². The first-order valence-electron chi connectivity index (χ1n) is 9.26. The summed E-state index contributed by atoms with van der Waals surface area (Å²) in [7, 11) is 3.91. The van der Waals surface area contributed by atoms with E-state index in [4.69, 9.17) is 5.73 Å². The molecule has 0 spiro atoms. The molecule has 1 aromatic heterocycles. The van der Waals surface area contributed by atoms with Crippen LogP contribution in [0, 0.1) is 0 Å². The topological polar surface area (TPSA) is 71.2 Å². The molecule has 0 saturated carbocycles. The van der Waals surface area contributed by atoms with Crippen molar-refractivity contribution in [3.63, 3.8) is 0 Å². The van der Waals surface area contributed by atoms with E-state index in [1.807, 2.05) is 56.4 Å². The summed E-state index contributed by atoms with van der Waals surface area (Å²) >= 11 is 0. The maximum absolute atomic E-state index is 12.7. The Morgan fingerprint density at radius 3 is 2.81 bits per heavy atom. The molecular formula is C21H28N4O. The number of nitrogens with one attached hydrogen (secondary N) is 1. The van der Waals surface area contributed by atoms with Gasteiger partial charge >= 0.3 is 0 Å². The summed E-state index contributed by atoms with van der Waals surface area (Å²) in [4.78, 5) is 19.1. The maximum Gasteiger partial charge on any atom is 0.251 e. The average Bonchev–Trinajstić information content (AvgIpc) is 2.66. The predicted octanol–water partition coefficient (Wildman–Crippen LogP) is 3.02. The highest BCUT2D eigenvalue weighted by Crippen LogP contribution is 2.31. The molecule has 5 nitrogen and oxygen atoms in total. The Balaban J connectivity index is 1.73. The van der Waals surface area contributed by atoms with E-state index in [0.29, 0.717) is 18.0 Å². The molecule has 3 N–H and O–H groups in total. The first-order chi connectivity index (χ1) is 12.5. The number of hydrogen-bond donors (Lipinski definition) is 2. The SMILES string of the molecule is CC(NC(=O)c1ccc2c(c1)C(CN)CCC2)c1ccc(N(C)C)nc1. The fraction of sp³-hybridized carbons (Fsp3) is 0.429. The standard InChI is InChI=1S/C21H28N4O/c1-14(18-9-10-20(23-13-18)25(2)3)24-21(26)16-8-7-15-5-4-6-17(12-22)19(15)11-16/h7-11,13-14,17H,4-6,12,22H2,1-3H3,(H,24,26). The van der Waals surface area contributed by atoms with Gasteiger partial charge in [-0.25, -0.2) is 4.98 Å². The first kappa shape index (κ1) is 18.4. The zero-order chi connectivity index (χ0) is 18.7. The van der Waals surface area contributed by atoms with E-state index in [2.05, 4.69) is 16.4 Å². The molecule has 1 aliphatic rings. The van der Waals surface area contributed by atoms with Crippen LogP contribution in [-0.2, 0) is 6.42 Å². The number of anilines is 1. The van der Waals surface area contributed by atoms with Crippen molar-refractivity contribution in [1.29, 1.82) is 0 Å². The van der Waals surface area contributed by atoms with Crippen LogP contribution in [-0.4, -0.2) is 31.5 Å². The second-order valence-corrected chi connectivity index (χ2v) is 7.28. The van der Waals surface area contributed by atoms with Crippen LogP contribution in [0.4, 0.5) is 5.82 Å². The summed E-state index contributed by atoms with van der Waals surface area (Å²) < 4.78 is 0. The van der Waals surface area contributed by atoms with E-state index in [1.54, 1.807) is 0 Å². The predicted molar refractivity (Wildman–Crippen MR) is 106 cm³/mol. The number of pyridine rings is 1. The Morgan fingerprint density at radius 2 is 2.15 bits per heavy atom. The summed E-state index contributed by atoms with van der Waals surface area (Å²) in [5, 5.41) is 3.08. The van der Waals surface area contributed by atoms with Crippen LogP contribution >= 0.6 is 0 Å². The number of rotatable bonds is 5. The van der Waals surface area contributed by atoms with Crippen molar-refractivity contribution < 1.29 is 4.79 Å². The van der Waals surface area contributed by atoms with Crippen molar-refractivity contribution >= 4 is 11.7 Å². The number of nitrogens with zero attached hydrogens (tertiary/aromatic N) is 2. The molecule has 1 aromatic carbocycles. The zero-order valence-electron chi connectivity index (χ0n) is 15.8. The number of aromatic nitrogens is 1. The van der Waals surface area contributed by atoms with Gasteiger partial charge in [0, 0.05) is 25.9 Å². The molecule has 0 bridgehead atoms. The fourth-order valence-electron chi connectivity index (χ4n) is 3.56. The monoisotopic (exact) mass is 352 g/mol. The number of aryl methyl sites for hydroxylation is 1. The van der Waals surface area contributed by atoms with Crippen molar-refractivity contribution in [1.82, 2.24) is 10.3 Å². The molecule has 0 fully saturated rings. The Morgan fingerprint density at radius 1 is 1.35 bits per heavy atom. The second kappa shape index (κ2) is 7.87. The minimum atomic E-state index is -0.104. The molecule has 0 saturated heterocycles. The van der Waals surface area contributed by atoms with Gasteiger partial charge in [-0.3, -0.25) is 4.79 Å². The molecule has 1 aliphatic carbocycles. The smallest absolute Gasteiger partial charge is 0.251 e. The summed E-state index contributed by atoms with van der Waals surface area (Å²) in [5.41, 5.74) is 10.2. The van der Waals surface area contributed by atoms with E-state index in [9.17, 15) is 4.79 Å². The van der Waals surface area contributed by atoms with Gasteiger partial charge in [-0.15, -0.1) is 0 Å². The summed E-state index contributed by atoms with van der Waals surface area (Å²) in [5.74, 6) is 1.21. The lowest BCUT2D eigenvalue weighted by Gasteiger charge is -2.25. The second-order valence-electron chi connectivity index (χ2n) is 7.28. The number of carbonyl (C=O) groups is 1. The highest BCUT2D eigenvalue weighted by Gasteiger charge is 2.21. The molecule has 0 radical (unpaired) electrons. The molecule has 5 heteroatoms. The lowest BCUT2D eigenvalue weighted by atomic mass is 9.82. The van der Waals surface area contributed by atoms with E-state index < -0.39 is 0 Å². The van der Waals surface area contributed by atoms with E-state index in [0.717, 1.165) is 24.2 Å². The van der Waals surface area contributed by atoms with Crippen molar-refractivity contribution in [3.05, 3.63) is 58.8 Å². The van der Waals surface area contributed by atoms with Gasteiger partial charge in [-0.1, -0.05) is 12.1 Å². The summed E-state index contributed by atoms with van der Waals surface area (Å²) in [6, 6.07) is 9.90. The first-order valence-corrected chi connectivity index (χ1v) is 9.26. The largest absolute Gasteiger partial charge is 0.363 e. The molecule has 1 amide bonds. The maximum atomic E-state index is 12.7. The average molecular weight is 352 g/mol. The Bertz CT molecular complexity index is 770. The zero-order valence-corrected chi connectivity index (χ0v) is 15.8. The summed E-state index contributed by atoms with van der Waals surface area (Å²) in [6.45, 7) is 2.61. The molecule has 138 valence electrons. The van der Waals surface area contributed by atoms with Gasteiger partial charge < -0.3 is 16.0 Å². The number of hydrogen-bond acceptors (Lipinski definition) is 4. The molecule has 2 atom stereocenters. The Kier molecular flexibility index (Phi) is 5.57. The van der Waals surface area contributed by atoms with E-state index in [1.165, 1.54) is 17.5 Å². The molecule has 1 heterocycles. The van der Waals surface area contributed by atoms with E-state index >= 15 is 0 Å². The van der Waals surface area contributed by atoms with Gasteiger partial charge in [0.1, 0.15) is 5.82 Å². The minimum Gasteiger partial charge on any atom is -0.363 e. The Labute approximate surface area is 155 Å². The third-order valence-electron chi connectivity index (χ3n) is 5.21. The van der Waals surface area contributed by atoms with Crippen molar-refractivity contribution in [2.75, 3.05) is 25.5 Å². The van der Waals surface area contributed by atoms with Crippen LogP contribution in [0.1, 0.15) is 58.8 Å². The lowest BCUT2D eigenvalue weighted by molar-refractivity contribution is 0.0939. The highest BCUT2D eigenvalue weighted by molar-refractivity contribution is 5.94. The Hall–Kier alpha value is -2.40. The van der Waals surface area contributed by atoms with Gasteiger partial charge in [0.05, 0.1) is 6.04 Å². The van der Waals surface area contributed by atoms with E-state index in [-0.39, 0.29) is 11.9 Å². The number of amides is 1. The van der Waals surface area contributed by atoms with Gasteiger partial charge in [-0.05, 0) is 73.5 Å². The van der Waals surface area contributed by atoms with Crippen LogP contribution < -0.4 is 16.0 Å². The molecule has 2 unspecified atom stereocenters. The molecule has 26 heavy (non-hydrogen) atoms. The molecular weight excluding hydrogens is 324 g/mol. The van der Waals surface area contributed by atoms with Crippen LogP contribution in [0.15, 0.2) is 36.5 Å². The van der Waals surface area contributed by atoms with Crippen molar-refractivity contribution in [2.24, 2.45) is 5.73 Å². The number of fused-ring (bicyclic) bond motifs is 1. The van der Waals surface area contributed by atoms with Gasteiger partial charge in [0.2, 0.25) is 0 Å². The van der Waals surface area contributed by atoms with Gasteiger partial charge in [0.15, 0.2) is 0 Å². The van der Waals surface area contributed by atoms with Crippen LogP contribution in [0.3, 0.4) is 0 Å². The quantitative estimate of drug-likeness (QED) is 0.868. The third kappa shape index (κ3) is 3.88. The minimum absolute atomic E-state index is 0.0571. The highest BCUT2D eigenvalue weighted by atomic mass is 16.1. The molecule has 0 aliphatic heterocycles. The number of benzene rings is 1. The number of nitrogens with two attached hydrogens (primary N) is 1. The van der Waals surface area contributed by atoms with Gasteiger partial charge in [0.25, 0.3) is 5.91 Å². The summed E-state index contributed by atoms with van der Waals surface area (Å²) in [6.07, 6.45) is 5.17. The van der Waals surface area contributed by atoms with Crippen molar-refractivity contribution in [3.8, 4) is 0 Å². The van der Waals surface area contributed by atoms with Crippen molar-refractivity contribution in [2.45, 2.75) is 38.1 Å². The van der Waals surface area contributed by atoms with Crippen LogP contribution in [0.5, 0.6) is 0 Å². The molecule has 3 rings (SSSR count). The normalized spacial score (nSPS) is 17.3. The third-order valence-corrected chi connectivity index (χ3v) is 5.21. The van der Waals surface area contributed by atoms with Crippen LogP contribution in [0.2, 0.25) is 0 Å². The lowest BCUT2D eigenvalue weighted by Crippen LogP contribution is -2.27.